The van der Waals surface area contributed by atoms with Crippen LogP contribution in [-0.4, -0.2) is 39.8 Å². The first-order chi connectivity index (χ1) is 9.21. The molecule has 20 heavy (non-hydrogen) atoms. The molecule has 2 rings (SSSR count). The molecule has 1 atom stereocenters. The zero-order valence-corrected chi connectivity index (χ0v) is 13.5. The highest BCUT2D eigenvalue weighted by atomic mass is 79.9. The van der Waals surface area contributed by atoms with Gasteiger partial charge in [0, 0.05) is 18.3 Å². The van der Waals surface area contributed by atoms with Crippen LogP contribution < -0.4 is 0 Å². The van der Waals surface area contributed by atoms with Crippen LogP contribution in [0.2, 0.25) is 0 Å². The first-order valence-electron chi connectivity index (χ1n) is 6.53. The summed E-state index contributed by atoms with van der Waals surface area (Å²) in [7, 11) is 0. The highest BCUT2D eigenvalue weighted by Gasteiger charge is 2.42. The minimum absolute atomic E-state index is 0.214. The van der Waals surface area contributed by atoms with Crippen LogP contribution in [0.15, 0.2) is 22.9 Å². The molecule has 1 fully saturated rings. The molecule has 1 aromatic rings. The summed E-state index contributed by atoms with van der Waals surface area (Å²) < 4.78 is 5.93. The van der Waals surface area contributed by atoms with E-state index in [2.05, 4.69) is 20.9 Å². The Hall–Kier alpha value is -1.14. The van der Waals surface area contributed by atoms with Gasteiger partial charge in [-0.1, -0.05) is 6.07 Å². The van der Waals surface area contributed by atoms with Crippen LogP contribution >= 0.6 is 15.9 Å². The number of hydrogen-bond donors (Lipinski definition) is 1. The average Bonchev–Trinajstić information content (AvgIpc) is 2.71. The molecule has 0 saturated carbocycles. The number of carbonyl (C=O) groups is 1. The van der Waals surface area contributed by atoms with Crippen molar-refractivity contribution in [3.05, 3.63) is 28.5 Å². The van der Waals surface area contributed by atoms with E-state index in [0.717, 1.165) is 0 Å². The largest absolute Gasteiger partial charge is 0.444 e. The van der Waals surface area contributed by atoms with E-state index in [0.29, 0.717) is 23.1 Å². The Balaban J connectivity index is 2.12. The quantitative estimate of drug-likeness (QED) is 0.797. The molecule has 5 nitrogen and oxygen atoms in total. The maximum atomic E-state index is 12.0. The summed E-state index contributed by atoms with van der Waals surface area (Å²) in [5.74, 6) is 0. The fourth-order valence-electron chi connectivity index (χ4n) is 2.23. The van der Waals surface area contributed by atoms with E-state index in [1.54, 1.807) is 12.3 Å². The monoisotopic (exact) mass is 342 g/mol. The standard InChI is InChI=1S/C14H19BrN2O3/c1-13(2,3)20-12(18)17-8-6-14(19,9-17)10-5-4-7-16-11(10)15/h4-5,7,19H,6,8-9H2,1-3H3. The minimum Gasteiger partial charge on any atom is -0.444 e. The smallest absolute Gasteiger partial charge is 0.410 e. The topological polar surface area (TPSA) is 62.7 Å². The van der Waals surface area contributed by atoms with Crippen molar-refractivity contribution in [1.29, 1.82) is 0 Å². The fourth-order valence-corrected chi connectivity index (χ4v) is 2.85. The zero-order chi connectivity index (χ0) is 15.0. The van der Waals surface area contributed by atoms with Gasteiger partial charge in [-0.25, -0.2) is 9.78 Å². The fraction of sp³-hybridized carbons (Fsp3) is 0.571. The summed E-state index contributed by atoms with van der Waals surface area (Å²) >= 11 is 3.34. The summed E-state index contributed by atoms with van der Waals surface area (Å²) in [4.78, 5) is 17.7. The molecule has 2 heterocycles. The molecule has 1 aliphatic heterocycles. The van der Waals surface area contributed by atoms with Crippen molar-refractivity contribution in [3.8, 4) is 0 Å². The van der Waals surface area contributed by atoms with E-state index >= 15 is 0 Å². The van der Waals surface area contributed by atoms with Gasteiger partial charge in [0.2, 0.25) is 0 Å². The maximum Gasteiger partial charge on any atom is 0.410 e. The molecule has 1 amide bonds. The Bertz CT molecular complexity index is 515. The number of hydrogen-bond acceptors (Lipinski definition) is 4. The van der Waals surface area contributed by atoms with Gasteiger partial charge in [-0.15, -0.1) is 0 Å². The Kier molecular flexibility index (Phi) is 4.07. The minimum atomic E-state index is -1.08. The van der Waals surface area contributed by atoms with Gasteiger partial charge in [0.25, 0.3) is 0 Å². The molecule has 1 unspecified atom stereocenters. The number of ether oxygens (including phenoxy) is 1. The van der Waals surface area contributed by atoms with E-state index in [4.69, 9.17) is 4.74 Å². The van der Waals surface area contributed by atoms with Gasteiger partial charge in [0.1, 0.15) is 15.8 Å². The summed E-state index contributed by atoms with van der Waals surface area (Å²) in [6.45, 7) is 6.15. The summed E-state index contributed by atoms with van der Waals surface area (Å²) in [6.07, 6.45) is 1.72. The van der Waals surface area contributed by atoms with Crippen LogP contribution in [0.5, 0.6) is 0 Å². The van der Waals surface area contributed by atoms with Crippen molar-refractivity contribution >= 4 is 22.0 Å². The second kappa shape index (κ2) is 5.33. The molecule has 1 aromatic heterocycles. The zero-order valence-electron chi connectivity index (χ0n) is 11.9. The Morgan fingerprint density at radius 1 is 1.55 bits per heavy atom. The number of aromatic nitrogens is 1. The SMILES string of the molecule is CC(C)(C)OC(=O)N1CCC(O)(c2cccnc2Br)C1. The number of rotatable bonds is 1. The number of halogens is 1. The highest BCUT2D eigenvalue weighted by molar-refractivity contribution is 9.10. The van der Waals surface area contributed by atoms with E-state index < -0.39 is 17.3 Å². The lowest BCUT2D eigenvalue weighted by atomic mass is 9.95. The van der Waals surface area contributed by atoms with Crippen molar-refractivity contribution < 1.29 is 14.6 Å². The predicted octanol–water partition coefficient (Wildman–Crippen LogP) is 2.67. The summed E-state index contributed by atoms with van der Waals surface area (Å²) in [6, 6.07) is 3.59. The van der Waals surface area contributed by atoms with Crippen molar-refractivity contribution in [2.75, 3.05) is 13.1 Å². The van der Waals surface area contributed by atoms with Gasteiger partial charge >= 0.3 is 6.09 Å². The van der Waals surface area contributed by atoms with Crippen LogP contribution in [-0.2, 0) is 10.3 Å². The molecule has 0 aliphatic carbocycles. The van der Waals surface area contributed by atoms with Crippen molar-refractivity contribution in [1.82, 2.24) is 9.88 Å². The number of amides is 1. The number of pyridine rings is 1. The number of aliphatic hydroxyl groups is 1. The lowest BCUT2D eigenvalue weighted by molar-refractivity contribution is 0.0136. The Labute approximate surface area is 127 Å². The van der Waals surface area contributed by atoms with Gasteiger partial charge in [0.15, 0.2) is 0 Å². The first-order valence-corrected chi connectivity index (χ1v) is 7.32. The van der Waals surface area contributed by atoms with Gasteiger partial charge in [-0.05, 0) is 49.2 Å². The molecule has 6 heteroatoms. The van der Waals surface area contributed by atoms with E-state index in [9.17, 15) is 9.90 Å². The van der Waals surface area contributed by atoms with Gasteiger partial charge in [-0.2, -0.15) is 0 Å². The van der Waals surface area contributed by atoms with Crippen molar-refractivity contribution in [2.24, 2.45) is 0 Å². The normalized spacial score (nSPS) is 22.9. The van der Waals surface area contributed by atoms with Gasteiger partial charge in [0.05, 0.1) is 6.54 Å². The predicted molar refractivity (Wildman–Crippen MR) is 78.3 cm³/mol. The number of carbonyl (C=O) groups excluding carboxylic acids is 1. The molecule has 0 radical (unpaired) electrons. The maximum absolute atomic E-state index is 12.0. The van der Waals surface area contributed by atoms with Crippen LogP contribution in [0.4, 0.5) is 4.79 Å². The molecule has 1 N–H and O–H groups in total. The van der Waals surface area contributed by atoms with Gasteiger partial charge in [-0.3, -0.25) is 0 Å². The molecule has 0 aromatic carbocycles. The molecule has 1 saturated heterocycles. The first kappa shape index (κ1) is 15.3. The molecular weight excluding hydrogens is 324 g/mol. The van der Waals surface area contributed by atoms with Crippen LogP contribution in [0, 0.1) is 0 Å². The Morgan fingerprint density at radius 2 is 2.25 bits per heavy atom. The van der Waals surface area contributed by atoms with Crippen LogP contribution in [0.1, 0.15) is 32.8 Å². The van der Waals surface area contributed by atoms with E-state index in [-0.39, 0.29) is 6.54 Å². The molecular formula is C14H19BrN2O3. The number of β-amino-alcohol motifs (C(OH)–C–C–N with tert-alkyl or cyclic N) is 1. The van der Waals surface area contributed by atoms with E-state index in [1.807, 2.05) is 26.8 Å². The third-order valence-electron chi connectivity index (χ3n) is 3.16. The lowest BCUT2D eigenvalue weighted by Crippen LogP contribution is -2.38. The lowest BCUT2D eigenvalue weighted by Gasteiger charge is -2.26. The van der Waals surface area contributed by atoms with E-state index in [1.165, 1.54) is 4.90 Å². The molecule has 0 spiro atoms. The third-order valence-corrected chi connectivity index (χ3v) is 3.79. The Morgan fingerprint density at radius 3 is 2.85 bits per heavy atom. The summed E-state index contributed by atoms with van der Waals surface area (Å²) in [5.41, 5.74) is -0.914. The van der Waals surface area contributed by atoms with Crippen LogP contribution in [0.25, 0.3) is 0 Å². The summed E-state index contributed by atoms with van der Waals surface area (Å²) in [5, 5.41) is 10.7. The average molecular weight is 343 g/mol. The van der Waals surface area contributed by atoms with Gasteiger partial charge < -0.3 is 14.7 Å². The molecule has 110 valence electrons. The number of likely N-dealkylation sites (tertiary alicyclic amines) is 1. The highest BCUT2D eigenvalue weighted by Crippen LogP contribution is 2.35. The van der Waals surface area contributed by atoms with Crippen LogP contribution in [0.3, 0.4) is 0 Å². The molecule has 1 aliphatic rings. The van der Waals surface area contributed by atoms with Crippen molar-refractivity contribution in [2.45, 2.75) is 38.4 Å². The third kappa shape index (κ3) is 3.30. The molecule has 0 bridgehead atoms. The number of nitrogens with zero attached hydrogens (tertiary/aromatic N) is 2. The second-order valence-corrected chi connectivity index (χ2v) is 6.78. The second-order valence-electron chi connectivity index (χ2n) is 6.03. The van der Waals surface area contributed by atoms with Crippen molar-refractivity contribution in [3.63, 3.8) is 0 Å².